The van der Waals surface area contributed by atoms with Crippen molar-refractivity contribution in [1.29, 1.82) is 0 Å². The zero-order valence-corrected chi connectivity index (χ0v) is 12.9. The maximum Gasteiger partial charge on any atom is 0.123 e. The molecule has 0 spiro atoms. The van der Waals surface area contributed by atoms with Crippen LogP contribution >= 0.6 is 0 Å². The summed E-state index contributed by atoms with van der Waals surface area (Å²) in [5.41, 5.74) is 2.67. The van der Waals surface area contributed by atoms with Crippen LogP contribution in [-0.2, 0) is 11.2 Å². The molecule has 2 heterocycles. The van der Waals surface area contributed by atoms with Crippen LogP contribution in [0.4, 0.5) is 0 Å². The summed E-state index contributed by atoms with van der Waals surface area (Å²) in [6.45, 7) is 9.26. The largest absolute Gasteiger partial charge is 0.488 e. The highest BCUT2D eigenvalue weighted by atomic mass is 16.5. The molecule has 0 radical (unpaired) electrons. The van der Waals surface area contributed by atoms with Crippen LogP contribution in [0.3, 0.4) is 0 Å². The maximum absolute atomic E-state index is 5.97. The van der Waals surface area contributed by atoms with Crippen LogP contribution in [-0.4, -0.2) is 56.9 Å². The van der Waals surface area contributed by atoms with Crippen LogP contribution in [0.15, 0.2) is 18.2 Å². The van der Waals surface area contributed by atoms with E-state index in [1.807, 2.05) is 0 Å². The number of nitrogens with one attached hydrogen (secondary N) is 1. The fraction of sp³-hybridized carbons (Fsp3) is 0.647. The Morgan fingerprint density at radius 3 is 3.00 bits per heavy atom. The van der Waals surface area contributed by atoms with Gasteiger partial charge in [-0.2, -0.15) is 0 Å². The molecule has 1 aromatic rings. The molecule has 0 amide bonds. The monoisotopic (exact) mass is 290 g/mol. The fourth-order valence-electron chi connectivity index (χ4n) is 3.08. The van der Waals surface area contributed by atoms with Crippen LogP contribution in [0.5, 0.6) is 5.75 Å². The first kappa shape index (κ1) is 14.8. The molecular weight excluding hydrogens is 264 g/mol. The van der Waals surface area contributed by atoms with Gasteiger partial charge in [-0.05, 0) is 38.1 Å². The van der Waals surface area contributed by atoms with Crippen molar-refractivity contribution < 1.29 is 9.47 Å². The molecule has 2 aliphatic heterocycles. The first-order valence-corrected chi connectivity index (χ1v) is 8.08. The minimum atomic E-state index is 0.296. The lowest BCUT2D eigenvalue weighted by molar-refractivity contribution is 0.0374. The Labute approximate surface area is 127 Å². The Kier molecular flexibility index (Phi) is 5.12. The van der Waals surface area contributed by atoms with Crippen molar-refractivity contribution in [3.8, 4) is 5.75 Å². The van der Waals surface area contributed by atoms with E-state index < -0.39 is 0 Å². The zero-order valence-electron chi connectivity index (χ0n) is 12.9. The standard InChI is InChI=1S/C17H26N2O2/c1-14-3-4-17-15(11-14)12-16(21-17)13-18-5-2-6-19-7-9-20-10-8-19/h3-4,11,16,18H,2,5-10,12-13H2,1H3. The van der Waals surface area contributed by atoms with Crippen LogP contribution in [0.1, 0.15) is 17.5 Å². The van der Waals surface area contributed by atoms with Crippen LogP contribution in [0, 0.1) is 6.92 Å². The van der Waals surface area contributed by atoms with Crippen molar-refractivity contribution in [1.82, 2.24) is 10.2 Å². The normalized spacial score (nSPS) is 22.0. The van der Waals surface area contributed by atoms with Gasteiger partial charge in [-0.25, -0.2) is 0 Å². The SMILES string of the molecule is Cc1ccc2c(c1)CC(CNCCCN1CCOCC1)O2. The highest BCUT2D eigenvalue weighted by molar-refractivity contribution is 5.40. The molecule has 0 bridgehead atoms. The highest BCUT2D eigenvalue weighted by Crippen LogP contribution is 2.29. The summed E-state index contributed by atoms with van der Waals surface area (Å²) in [5, 5.41) is 3.53. The lowest BCUT2D eigenvalue weighted by atomic mass is 10.1. The molecule has 0 aromatic heterocycles. The van der Waals surface area contributed by atoms with Gasteiger partial charge in [0, 0.05) is 26.1 Å². The second kappa shape index (κ2) is 7.25. The Hall–Kier alpha value is -1.10. The van der Waals surface area contributed by atoms with Crippen molar-refractivity contribution in [2.75, 3.05) is 45.9 Å². The second-order valence-corrected chi connectivity index (χ2v) is 6.07. The quantitative estimate of drug-likeness (QED) is 0.807. The average molecular weight is 290 g/mol. The van der Waals surface area contributed by atoms with Crippen molar-refractivity contribution in [2.24, 2.45) is 0 Å². The molecule has 0 aliphatic carbocycles. The van der Waals surface area contributed by atoms with E-state index in [1.165, 1.54) is 24.1 Å². The molecule has 1 N–H and O–H groups in total. The van der Waals surface area contributed by atoms with Gasteiger partial charge in [0.25, 0.3) is 0 Å². The lowest BCUT2D eigenvalue weighted by Gasteiger charge is -2.26. The molecule has 1 fully saturated rings. The summed E-state index contributed by atoms with van der Waals surface area (Å²) < 4.78 is 11.3. The Balaban J connectivity index is 1.30. The molecule has 3 rings (SSSR count). The first-order valence-electron chi connectivity index (χ1n) is 8.08. The summed E-state index contributed by atoms with van der Waals surface area (Å²) in [6, 6.07) is 6.47. The van der Waals surface area contributed by atoms with E-state index in [0.29, 0.717) is 6.10 Å². The average Bonchev–Trinajstić information content (AvgIpc) is 2.90. The smallest absolute Gasteiger partial charge is 0.123 e. The fourth-order valence-corrected chi connectivity index (χ4v) is 3.08. The van der Waals surface area contributed by atoms with Gasteiger partial charge in [-0.1, -0.05) is 17.7 Å². The van der Waals surface area contributed by atoms with E-state index in [0.717, 1.165) is 51.6 Å². The molecule has 1 aromatic carbocycles. The van der Waals surface area contributed by atoms with E-state index >= 15 is 0 Å². The molecule has 4 nitrogen and oxygen atoms in total. The molecule has 1 atom stereocenters. The predicted octanol–water partition coefficient (Wildman–Crippen LogP) is 1.61. The van der Waals surface area contributed by atoms with Gasteiger partial charge in [-0.3, -0.25) is 4.90 Å². The van der Waals surface area contributed by atoms with Crippen molar-refractivity contribution >= 4 is 0 Å². The van der Waals surface area contributed by atoms with Gasteiger partial charge in [0.1, 0.15) is 11.9 Å². The van der Waals surface area contributed by atoms with Gasteiger partial charge in [0.15, 0.2) is 0 Å². The third kappa shape index (κ3) is 4.19. The Morgan fingerprint density at radius 2 is 2.14 bits per heavy atom. The summed E-state index contributed by atoms with van der Waals surface area (Å²) in [6.07, 6.45) is 2.52. The van der Waals surface area contributed by atoms with Gasteiger partial charge in [0.05, 0.1) is 13.2 Å². The van der Waals surface area contributed by atoms with Crippen LogP contribution < -0.4 is 10.1 Å². The molecule has 4 heteroatoms. The summed E-state index contributed by atoms with van der Waals surface area (Å²) in [7, 11) is 0. The number of aryl methyl sites for hydroxylation is 1. The molecule has 1 saturated heterocycles. The Bertz CT molecular complexity index is 458. The molecule has 116 valence electrons. The van der Waals surface area contributed by atoms with Crippen LogP contribution in [0.25, 0.3) is 0 Å². The molecule has 21 heavy (non-hydrogen) atoms. The number of nitrogens with zero attached hydrogens (tertiary/aromatic N) is 1. The van der Waals surface area contributed by atoms with Gasteiger partial charge < -0.3 is 14.8 Å². The lowest BCUT2D eigenvalue weighted by Crippen LogP contribution is -2.38. The zero-order chi connectivity index (χ0) is 14.5. The number of benzene rings is 1. The van der Waals surface area contributed by atoms with Crippen molar-refractivity contribution in [3.05, 3.63) is 29.3 Å². The van der Waals surface area contributed by atoms with E-state index in [9.17, 15) is 0 Å². The van der Waals surface area contributed by atoms with E-state index in [4.69, 9.17) is 9.47 Å². The molecule has 2 aliphatic rings. The third-order valence-electron chi connectivity index (χ3n) is 4.26. The summed E-state index contributed by atoms with van der Waals surface area (Å²) in [5.74, 6) is 1.07. The van der Waals surface area contributed by atoms with Gasteiger partial charge >= 0.3 is 0 Å². The second-order valence-electron chi connectivity index (χ2n) is 6.07. The van der Waals surface area contributed by atoms with Crippen molar-refractivity contribution in [3.63, 3.8) is 0 Å². The summed E-state index contributed by atoms with van der Waals surface area (Å²) >= 11 is 0. The number of morpholine rings is 1. The number of hydrogen-bond acceptors (Lipinski definition) is 4. The van der Waals surface area contributed by atoms with E-state index in [2.05, 4.69) is 35.3 Å². The van der Waals surface area contributed by atoms with Crippen LogP contribution in [0.2, 0.25) is 0 Å². The van der Waals surface area contributed by atoms with E-state index in [-0.39, 0.29) is 0 Å². The Morgan fingerprint density at radius 1 is 1.29 bits per heavy atom. The number of fused-ring (bicyclic) bond motifs is 1. The maximum atomic E-state index is 5.97. The van der Waals surface area contributed by atoms with Gasteiger partial charge in [-0.15, -0.1) is 0 Å². The first-order chi connectivity index (χ1) is 10.3. The number of hydrogen-bond donors (Lipinski definition) is 1. The third-order valence-corrected chi connectivity index (χ3v) is 4.26. The molecule has 1 unspecified atom stereocenters. The molecule has 0 saturated carbocycles. The van der Waals surface area contributed by atoms with Gasteiger partial charge in [0.2, 0.25) is 0 Å². The summed E-state index contributed by atoms with van der Waals surface area (Å²) in [4.78, 5) is 2.48. The minimum Gasteiger partial charge on any atom is -0.488 e. The predicted molar refractivity (Wildman–Crippen MR) is 84.0 cm³/mol. The van der Waals surface area contributed by atoms with E-state index in [1.54, 1.807) is 0 Å². The highest BCUT2D eigenvalue weighted by Gasteiger charge is 2.22. The number of ether oxygens (including phenoxy) is 2. The molecular formula is C17H26N2O2. The topological polar surface area (TPSA) is 33.7 Å². The number of rotatable bonds is 6. The van der Waals surface area contributed by atoms with Crippen molar-refractivity contribution in [2.45, 2.75) is 25.9 Å². The minimum absolute atomic E-state index is 0.296.